The number of imide groups is 1. The van der Waals surface area contributed by atoms with Crippen molar-refractivity contribution in [1.29, 1.82) is 0 Å². The molecule has 7 heteroatoms. The summed E-state index contributed by atoms with van der Waals surface area (Å²) in [6.45, 7) is 7.60. The SMILES string of the molecule is CCC1(CC)NC(=O)N(CC(=O)N(Cc2ccccn2)C(C)C)C1=O. The Labute approximate surface area is 148 Å². The van der Waals surface area contributed by atoms with Crippen LogP contribution in [-0.2, 0) is 16.1 Å². The van der Waals surface area contributed by atoms with Gasteiger partial charge < -0.3 is 10.2 Å². The summed E-state index contributed by atoms with van der Waals surface area (Å²) in [5.41, 5.74) is -0.126. The van der Waals surface area contributed by atoms with Gasteiger partial charge in [-0.2, -0.15) is 0 Å². The molecule has 4 amide bonds. The molecule has 0 unspecified atom stereocenters. The zero-order valence-electron chi connectivity index (χ0n) is 15.3. The first kappa shape index (κ1) is 18.9. The lowest BCUT2D eigenvalue weighted by Gasteiger charge is -2.28. The number of nitrogens with zero attached hydrogens (tertiary/aromatic N) is 3. The van der Waals surface area contributed by atoms with Crippen molar-refractivity contribution >= 4 is 17.8 Å². The van der Waals surface area contributed by atoms with Crippen LogP contribution in [0.4, 0.5) is 4.79 Å². The number of rotatable bonds is 7. The minimum absolute atomic E-state index is 0.0719. The van der Waals surface area contributed by atoms with E-state index >= 15 is 0 Å². The Kier molecular flexibility index (Phi) is 5.77. The van der Waals surface area contributed by atoms with Gasteiger partial charge in [-0.15, -0.1) is 0 Å². The molecule has 0 bridgehead atoms. The predicted molar refractivity (Wildman–Crippen MR) is 93.5 cm³/mol. The van der Waals surface area contributed by atoms with E-state index in [1.54, 1.807) is 11.1 Å². The summed E-state index contributed by atoms with van der Waals surface area (Å²) in [6.07, 6.45) is 2.67. The summed E-state index contributed by atoms with van der Waals surface area (Å²) in [4.78, 5) is 44.5. The number of urea groups is 1. The van der Waals surface area contributed by atoms with Crippen LogP contribution in [0.2, 0.25) is 0 Å². The molecule has 25 heavy (non-hydrogen) atoms. The molecule has 1 aromatic heterocycles. The van der Waals surface area contributed by atoms with Crippen LogP contribution in [0.25, 0.3) is 0 Å². The number of hydrogen-bond donors (Lipinski definition) is 1. The number of aromatic nitrogens is 1. The molecule has 0 saturated carbocycles. The van der Waals surface area contributed by atoms with E-state index in [9.17, 15) is 14.4 Å². The molecule has 0 aliphatic carbocycles. The molecule has 2 rings (SSSR count). The third-order valence-electron chi connectivity index (χ3n) is 4.75. The maximum atomic E-state index is 12.7. The van der Waals surface area contributed by atoms with Gasteiger partial charge >= 0.3 is 6.03 Å². The van der Waals surface area contributed by atoms with Gasteiger partial charge in [-0.1, -0.05) is 19.9 Å². The van der Waals surface area contributed by atoms with Crippen LogP contribution in [-0.4, -0.2) is 50.8 Å². The maximum absolute atomic E-state index is 12.7. The molecular weight excluding hydrogens is 320 g/mol. The van der Waals surface area contributed by atoms with Crippen LogP contribution >= 0.6 is 0 Å². The van der Waals surface area contributed by atoms with Crippen molar-refractivity contribution in [2.24, 2.45) is 0 Å². The topological polar surface area (TPSA) is 82.6 Å². The normalized spacial score (nSPS) is 16.3. The fraction of sp³-hybridized carbons (Fsp3) is 0.556. The summed E-state index contributed by atoms with van der Waals surface area (Å²) in [5, 5.41) is 2.74. The van der Waals surface area contributed by atoms with Gasteiger partial charge in [-0.25, -0.2) is 4.79 Å². The molecule has 1 fully saturated rings. The summed E-state index contributed by atoms with van der Waals surface area (Å²) in [7, 11) is 0. The quantitative estimate of drug-likeness (QED) is 0.765. The third-order valence-corrected chi connectivity index (χ3v) is 4.75. The number of pyridine rings is 1. The van der Waals surface area contributed by atoms with Crippen molar-refractivity contribution in [2.45, 2.75) is 58.7 Å². The lowest BCUT2D eigenvalue weighted by molar-refractivity contribution is -0.140. The van der Waals surface area contributed by atoms with E-state index in [0.717, 1.165) is 10.6 Å². The first-order valence-electron chi connectivity index (χ1n) is 8.68. The van der Waals surface area contributed by atoms with Crippen LogP contribution in [0.3, 0.4) is 0 Å². The Morgan fingerprint density at radius 3 is 2.44 bits per heavy atom. The van der Waals surface area contributed by atoms with Crippen LogP contribution in [0, 0.1) is 0 Å². The predicted octanol–water partition coefficient (Wildman–Crippen LogP) is 1.93. The average Bonchev–Trinajstić information content (AvgIpc) is 2.84. The Bertz CT molecular complexity index is 641. The summed E-state index contributed by atoms with van der Waals surface area (Å²) in [5.74, 6) is -0.593. The molecular formula is C18H26N4O3. The second-order valence-corrected chi connectivity index (χ2v) is 6.55. The molecule has 1 aliphatic rings. The number of carbonyl (C=O) groups is 3. The number of amides is 4. The molecule has 1 N–H and O–H groups in total. The highest BCUT2D eigenvalue weighted by molar-refractivity contribution is 6.09. The highest BCUT2D eigenvalue weighted by atomic mass is 16.2. The Hall–Kier alpha value is -2.44. The first-order valence-corrected chi connectivity index (χ1v) is 8.68. The van der Waals surface area contributed by atoms with Crippen LogP contribution in [0.15, 0.2) is 24.4 Å². The van der Waals surface area contributed by atoms with E-state index < -0.39 is 11.6 Å². The number of hydrogen-bond acceptors (Lipinski definition) is 4. The monoisotopic (exact) mass is 346 g/mol. The first-order chi connectivity index (χ1) is 11.8. The van der Waals surface area contributed by atoms with Crippen molar-refractivity contribution in [3.63, 3.8) is 0 Å². The summed E-state index contributed by atoms with van der Waals surface area (Å²) >= 11 is 0. The summed E-state index contributed by atoms with van der Waals surface area (Å²) in [6, 6.07) is 4.95. The third kappa shape index (κ3) is 3.81. The van der Waals surface area contributed by atoms with E-state index in [-0.39, 0.29) is 24.4 Å². The van der Waals surface area contributed by atoms with Crippen molar-refractivity contribution in [3.05, 3.63) is 30.1 Å². The second-order valence-electron chi connectivity index (χ2n) is 6.55. The van der Waals surface area contributed by atoms with E-state index in [2.05, 4.69) is 10.3 Å². The van der Waals surface area contributed by atoms with Crippen molar-refractivity contribution in [2.75, 3.05) is 6.54 Å². The Morgan fingerprint density at radius 2 is 1.96 bits per heavy atom. The number of nitrogens with one attached hydrogen (secondary N) is 1. The van der Waals surface area contributed by atoms with Gasteiger partial charge in [0, 0.05) is 12.2 Å². The molecule has 0 aromatic carbocycles. The van der Waals surface area contributed by atoms with Gasteiger partial charge in [0.2, 0.25) is 5.91 Å². The van der Waals surface area contributed by atoms with Crippen molar-refractivity contribution < 1.29 is 14.4 Å². The van der Waals surface area contributed by atoms with E-state index in [1.807, 2.05) is 45.9 Å². The van der Waals surface area contributed by atoms with Gasteiger partial charge in [0.25, 0.3) is 5.91 Å². The molecule has 136 valence electrons. The molecule has 2 heterocycles. The van der Waals surface area contributed by atoms with Gasteiger partial charge in [-0.3, -0.25) is 19.5 Å². The second kappa shape index (κ2) is 7.63. The van der Waals surface area contributed by atoms with E-state index in [0.29, 0.717) is 19.4 Å². The lowest BCUT2D eigenvalue weighted by Crippen LogP contribution is -2.48. The molecule has 0 atom stereocenters. The molecule has 0 spiro atoms. The Balaban J connectivity index is 2.13. The average molecular weight is 346 g/mol. The molecule has 1 aromatic rings. The highest BCUT2D eigenvalue weighted by Crippen LogP contribution is 2.25. The van der Waals surface area contributed by atoms with Crippen molar-refractivity contribution in [1.82, 2.24) is 20.1 Å². The zero-order chi connectivity index (χ0) is 18.6. The van der Waals surface area contributed by atoms with Gasteiger partial charge in [0.15, 0.2) is 0 Å². The largest absolute Gasteiger partial charge is 0.333 e. The van der Waals surface area contributed by atoms with Gasteiger partial charge in [0.1, 0.15) is 12.1 Å². The number of carbonyl (C=O) groups excluding carboxylic acids is 3. The standard InChI is InChI=1S/C18H26N4O3/c1-5-18(6-2)16(24)22(17(25)20-18)12-15(23)21(13(3)4)11-14-9-7-8-10-19-14/h7-10,13H,5-6,11-12H2,1-4H3,(H,20,25). The smallest absolute Gasteiger partial charge is 0.325 e. The molecule has 1 saturated heterocycles. The van der Waals surface area contributed by atoms with E-state index in [4.69, 9.17) is 0 Å². The Morgan fingerprint density at radius 1 is 1.28 bits per heavy atom. The van der Waals surface area contributed by atoms with Crippen LogP contribution < -0.4 is 5.32 Å². The van der Waals surface area contributed by atoms with Gasteiger partial charge in [0.05, 0.1) is 12.2 Å². The van der Waals surface area contributed by atoms with Crippen LogP contribution in [0.1, 0.15) is 46.2 Å². The summed E-state index contributed by atoms with van der Waals surface area (Å²) < 4.78 is 0. The van der Waals surface area contributed by atoms with Gasteiger partial charge in [-0.05, 0) is 38.8 Å². The zero-order valence-corrected chi connectivity index (χ0v) is 15.3. The fourth-order valence-electron chi connectivity index (χ4n) is 3.00. The maximum Gasteiger partial charge on any atom is 0.325 e. The van der Waals surface area contributed by atoms with E-state index in [1.165, 1.54) is 0 Å². The lowest BCUT2D eigenvalue weighted by atomic mass is 9.93. The minimum Gasteiger partial charge on any atom is -0.333 e. The molecule has 7 nitrogen and oxygen atoms in total. The van der Waals surface area contributed by atoms with Crippen molar-refractivity contribution in [3.8, 4) is 0 Å². The molecule has 1 aliphatic heterocycles. The highest BCUT2D eigenvalue weighted by Gasteiger charge is 2.49. The fourth-order valence-corrected chi connectivity index (χ4v) is 3.00. The minimum atomic E-state index is -0.888. The van der Waals surface area contributed by atoms with Crippen LogP contribution in [0.5, 0.6) is 0 Å². The molecule has 0 radical (unpaired) electrons.